The number of ketones is 1. The molecule has 0 amide bonds. The van der Waals surface area contributed by atoms with Gasteiger partial charge in [0.2, 0.25) is 0 Å². The van der Waals surface area contributed by atoms with Crippen LogP contribution >= 0.6 is 0 Å². The third kappa shape index (κ3) is 3.60. The molecule has 0 atom stereocenters. The molecule has 0 bridgehead atoms. The van der Waals surface area contributed by atoms with Gasteiger partial charge in [0, 0.05) is 30.8 Å². The van der Waals surface area contributed by atoms with E-state index >= 15 is 0 Å². The number of Topliss-reactive ketones (excluding diaryl/α,β-unsaturated/α-hetero) is 1. The summed E-state index contributed by atoms with van der Waals surface area (Å²) in [4.78, 5) is 22.8. The molecule has 5 rings (SSSR count). The van der Waals surface area contributed by atoms with Crippen molar-refractivity contribution in [3.63, 3.8) is 0 Å². The quantitative estimate of drug-likeness (QED) is 0.648. The highest BCUT2D eigenvalue weighted by Crippen LogP contribution is 2.43. The average Bonchev–Trinajstić information content (AvgIpc) is 3.05. The van der Waals surface area contributed by atoms with Gasteiger partial charge in [-0.05, 0) is 62.7 Å². The maximum Gasteiger partial charge on any atom is 0.146 e. The van der Waals surface area contributed by atoms with Gasteiger partial charge in [0.05, 0.1) is 5.39 Å². The fraction of sp³-hybridized carbons (Fsp3) is 0.458. The number of rotatable bonds is 7. The Bertz CT molecular complexity index is 1080. The van der Waals surface area contributed by atoms with Crippen molar-refractivity contribution in [2.45, 2.75) is 45.1 Å². The number of hydrogen-bond acceptors (Lipinski definition) is 5. The molecule has 3 heterocycles. The molecule has 2 aromatic heterocycles. The van der Waals surface area contributed by atoms with Crippen molar-refractivity contribution in [1.29, 1.82) is 0 Å². The molecule has 2 aliphatic rings. The minimum absolute atomic E-state index is 0.215. The average molecular weight is 404 g/mol. The first-order valence-electron chi connectivity index (χ1n) is 11.0. The van der Waals surface area contributed by atoms with E-state index in [0.717, 1.165) is 40.1 Å². The second-order valence-corrected chi connectivity index (χ2v) is 8.96. The van der Waals surface area contributed by atoms with Gasteiger partial charge in [-0.25, -0.2) is 9.97 Å². The van der Waals surface area contributed by atoms with Gasteiger partial charge in [0.15, 0.2) is 0 Å². The van der Waals surface area contributed by atoms with Crippen molar-refractivity contribution in [2.75, 3.05) is 25.4 Å². The number of hydrogen-bond donors (Lipinski definition) is 1. The normalized spacial score (nSPS) is 21.4. The molecule has 156 valence electrons. The zero-order chi connectivity index (χ0) is 20.7. The number of aryl methyl sites for hydroxylation is 1. The number of nitrogens with zero attached hydrogens (tertiary/aromatic N) is 4. The SMILES string of the molecule is CC(=O)CCc1cccc(-c2cn(C3CC(CN4CCC4)C3)c3ncnc(N)c23)c1. The van der Waals surface area contributed by atoms with Crippen LogP contribution in [0.3, 0.4) is 0 Å². The smallest absolute Gasteiger partial charge is 0.146 e. The van der Waals surface area contributed by atoms with E-state index in [4.69, 9.17) is 5.73 Å². The molecule has 1 aromatic carbocycles. The molecule has 1 aliphatic carbocycles. The molecule has 6 nitrogen and oxygen atoms in total. The summed E-state index contributed by atoms with van der Waals surface area (Å²) in [6.45, 7) is 5.41. The Balaban J connectivity index is 1.45. The zero-order valence-electron chi connectivity index (χ0n) is 17.6. The lowest BCUT2D eigenvalue weighted by atomic mass is 9.79. The highest BCUT2D eigenvalue weighted by molar-refractivity contribution is 6.00. The van der Waals surface area contributed by atoms with Crippen LogP contribution in [-0.4, -0.2) is 44.9 Å². The molecular formula is C24H29N5O. The maximum absolute atomic E-state index is 11.4. The lowest BCUT2D eigenvalue weighted by Gasteiger charge is -2.42. The number of carbonyl (C=O) groups excluding carboxylic acids is 1. The van der Waals surface area contributed by atoms with Crippen molar-refractivity contribution in [3.8, 4) is 11.1 Å². The number of aromatic nitrogens is 3. The molecule has 2 N–H and O–H groups in total. The minimum Gasteiger partial charge on any atom is -0.383 e. The summed E-state index contributed by atoms with van der Waals surface area (Å²) in [6.07, 6.45) is 8.85. The Hall–Kier alpha value is -2.73. The molecule has 0 spiro atoms. The third-order valence-corrected chi connectivity index (χ3v) is 6.71. The number of fused-ring (bicyclic) bond motifs is 1. The van der Waals surface area contributed by atoms with Gasteiger partial charge in [0.1, 0.15) is 23.6 Å². The maximum atomic E-state index is 11.4. The Labute approximate surface area is 177 Å². The first kappa shape index (κ1) is 19.2. The number of carbonyl (C=O) groups is 1. The number of nitrogen functional groups attached to an aromatic ring is 1. The second kappa shape index (κ2) is 7.84. The van der Waals surface area contributed by atoms with E-state index in [2.05, 4.69) is 49.9 Å². The number of likely N-dealkylation sites (tertiary alicyclic amines) is 1. The van der Waals surface area contributed by atoms with Crippen LogP contribution in [0.2, 0.25) is 0 Å². The molecule has 3 aromatic rings. The predicted octanol–water partition coefficient (Wildman–Crippen LogP) is 3.86. The molecule has 30 heavy (non-hydrogen) atoms. The van der Waals surface area contributed by atoms with Gasteiger partial charge < -0.3 is 20.0 Å². The highest BCUT2D eigenvalue weighted by Gasteiger charge is 2.34. The third-order valence-electron chi connectivity index (χ3n) is 6.71. The van der Waals surface area contributed by atoms with Crippen LogP contribution in [0, 0.1) is 5.92 Å². The Morgan fingerprint density at radius 2 is 2.07 bits per heavy atom. The van der Waals surface area contributed by atoms with Crippen LogP contribution in [0.1, 0.15) is 44.2 Å². The Morgan fingerprint density at radius 1 is 1.23 bits per heavy atom. The summed E-state index contributed by atoms with van der Waals surface area (Å²) in [5, 5.41) is 0.937. The summed E-state index contributed by atoms with van der Waals surface area (Å²) in [5.74, 6) is 1.53. The zero-order valence-corrected chi connectivity index (χ0v) is 17.6. The fourth-order valence-corrected chi connectivity index (χ4v) is 4.83. The standard InChI is InChI=1S/C24H29N5O/c1-16(30)6-7-17-4-2-5-19(10-17)21-14-29(24-22(21)23(25)26-15-27-24)20-11-18(12-20)13-28-8-3-9-28/h2,4-5,10,14-15,18,20H,3,6-9,11-13H2,1H3,(H2,25,26,27). The Morgan fingerprint density at radius 3 is 2.80 bits per heavy atom. The monoisotopic (exact) mass is 403 g/mol. The topological polar surface area (TPSA) is 77.0 Å². The van der Waals surface area contributed by atoms with Crippen LogP contribution < -0.4 is 5.73 Å². The van der Waals surface area contributed by atoms with Crippen molar-refractivity contribution in [1.82, 2.24) is 19.4 Å². The summed E-state index contributed by atoms with van der Waals surface area (Å²) in [6, 6.07) is 8.89. The van der Waals surface area contributed by atoms with Gasteiger partial charge in [-0.15, -0.1) is 0 Å². The molecule has 0 radical (unpaired) electrons. The van der Waals surface area contributed by atoms with Crippen molar-refractivity contribution in [3.05, 3.63) is 42.4 Å². The summed E-state index contributed by atoms with van der Waals surface area (Å²) in [7, 11) is 0. The van der Waals surface area contributed by atoms with Gasteiger partial charge in [-0.1, -0.05) is 24.3 Å². The van der Waals surface area contributed by atoms with Gasteiger partial charge in [-0.3, -0.25) is 0 Å². The molecule has 6 heteroatoms. The van der Waals surface area contributed by atoms with E-state index in [1.807, 2.05) is 0 Å². The number of benzene rings is 1. The van der Waals surface area contributed by atoms with E-state index in [1.54, 1.807) is 13.3 Å². The summed E-state index contributed by atoms with van der Waals surface area (Å²) in [5.41, 5.74) is 10.6. The van der Waals surface area contributed by atoms with Crippen LogP contribution in [0.25, 0.3) is 22.2 Å². The predicted molar refractivity (Wildman–Crippen MR) is 119 cm³/mol. The van der Waals surface area contributed by atoms with Crippen LogP contribution in [0.15, 0.2) is 36.8 Å². The van der Waals surface area contributed by atoms with Crippen molar-refractivity contribution in [2.24, 2.45) is 5.92 Å². The van der Waals surface area contributed by atoms with E-state index < -0.39 is 0 Å². The highest BCUT2D eigenvalue weighted by atomic mass is 16.1. The molecule has 2 fully saturated rings. The van der Waals surface area contributed by atoms with Gasteiger partial charge in [0.25, 0.3) is 0 Å². The molecule has 1 aliphatic heterocycles. The molecule has 1 saturated carbocycles. The van der Waals surface area contributed by atoms with Crippen LogP contribution in [-0.2, 0) is 11.2 Å². The molecule has 0 unspecified atom stereocenters. The number of anilines is 1. The largest absolute Gasteiger partial charge is 0.383 e. The van der Waals surface area contributed by atoms with E-state index in [9.17, 15) is 4.79 Å². The summed E-state index contributed by atoms with van der Waals surface area (Å²) >= 11 is 0. The number of nitrogens with two attached hydrogens (primary N) is 1. The van der Waals surface area contributed by atoms with E-state index in [0.29, 0.717) is 18.3 Å². The fourth-order valence-electron chi connectivity index (χ4n) is 4.83. The first-order valence-corrected chi connectivity index (χ1v) is 11.0. The first-order chi connectivity index (χ1) is 14.6. The van der Waals surface area contributed by atoms with Crippen molar-refractivity contribution >= 4 is 22.6 Å². The second-order valence-electron chi connectivity index (χ2n) is 8.96. The van der Waals surface area contributed by atoms with Crippen LogP contribution in [0.4, 0.5) is 5.82 Å². The van der Waals surface area contributed by atoms with E-state index in [-0.39, 0.29) is 5.78 Å². The lowest BCUT2D eigenvalue weighted by Crippen LogP contribution is -2.43. The molecular weight excluding hydrogens is 374 g/mol. The summed E-state index contributed by atoms with van der Waals surface area (Å²) < 4.78 is 2.32. The van der Waals surface area contributed by atoms with Crippen molar-refractivity contribution < 1.29 is 4.79 Å². The van der Waals surface area contributed by atoms with Gasteiger partial charge >= 0.3 is 0 Å². The van der Waals surface area contributed by atoms with E-state index in [1.165, 1.54) is 38.9 Å². The minimum atomic E-state index is 0.215. The van der Waals surface area contributed by atoms with Gasteiger partial charge in [-0.2, -0.15) is 0 Å². The molecule has 1 saturated heterocycles. The van der Waals surface area contributed by atoms with Crippen LogP contribution in [0.5, 0.6) is 0 Å². The lowest BCUT2D eigenvalue weighted by molar-refractivity contribution is -0.116. The Kier molecular flexibility index (Phi) is 5.03.